The second-order valence-electron chi connectivity index (χ2n) is 10.6. The molecular formula is C31H31ClFN3O4. The highest BCUT2D eigenvalue weighted by Crippen LogP contribution is 2.32. The van der Waals surface area contributed by atoms with Crippen molar-refractivity contribution in [2.45, 2.75) is 51.0 Å². The van der Waals surface area contributed by atoms with Crippen LogP contribution in [0.2, 0.25) is 5.02 Å². The summed E-state index contributed by atoms with van der Waals surface area (Å²) >= 11 is 5.85. The second kappa shape index (κ2) is 11.6. The van der Waals surface area contributed by atoms with Crippen LogP contribution in [0.1, 0.15) is 52.5 Å². The van der Waals surface area contributed by atoms with Crippen molar-refractivity contribution in [3.63, 3.8) is 0 Å². The molecule has 1 atom stereocenters. The first-order valence-corrected chi connectivity index (χ1v) is 14.0. The highest BCUT2D eigenvalue weighted by Gasteiger charge is 2.26. The number of aromatic carboxylic acids is 1. The van der Waals surface area contributed by atoms with Gasteiger partial charge in [0.05, 0.1) is 35.8 Å². The largest absolute Gasteiger partial charge is 0.489 e. The van der Waals surface area contributed by atoms with E-state index in [-0.39, 0.29) is 24.1 Å². The molecule has 1 N–H and O–H groups in total. The van der Waals surface area contributed by atoms with Gasteiger partial charge in [-0.3, -0.25) is 4.90 Å². The van der Waals surface area contributed by atoms with Gasteiger partial charge in [-0.05, 0) is 86.3 Å². The van der Waals surface area contributed by atoms with Crippen molar-refractivity contribution in [2.75, 3.05) is 19.7 Å². The molecule has 1 aromatic heterocycles. The fourth-order valence-electron chi connectivity index (χ4n) is 5.54. The number of carbonyl (C=O) groups is 1. The lowest BCUT2D eigenvalue weighted by Crippen LogP contribution is -2.35. The lowest BCUT2D eigenvalue weighted by molar-refractivity contribution is -0.0592. The van der Waals surface area contributed by atoms with Crippen molar-refractivity contribution in [2.24, 2.45) is 0 Å². The van der Waals surface area contributed by atoms with Gasteiger partial charge in [-0.2, -0.15) is 0 Å². The molecule has 0 radical (unpaired) electrons. The molecule has 4 aromatic rings. The van der Waals surface area contributed by atoms with Gasteiger partial charge < -0.3 is 19.1 Å². The zero-order valence-electron chi connectivity index (χ0n) is 22.1. The molecule has 0 aliphatic carbocycles. The fraction of sp³-hybridized carbons (Fsp3) is 0.355. The summed E-state index contributed by atoms with van der Waals surface area (Å²) < 4.78 is 27.9. The average molecular weight is 564 g/mol. The van der Waals surface area contributed by atoms with Gasteiger partial charge in [-0.15, -0.1) is 0 Å². The molecule has 40 heavy (non-hydrogen) atoms. The van der Waals surface area contributed by atoms with Gasteiger partial charge in [0.1, 0.15) is 24.0 Å². The van der Waals surface area contributed by atoms with Gasteiger partial charge >= 0.3 is 5.97 Å². The molecular weight excluding hydrogens is 533 g/mol. The van der Waals surface area contributed by atoms with Crippen molar-refractivity contribution >= 4 is 28.6 Å². The Balaban J connectivity index is 1.11. The number of aromatic nitrogens is 2. The molecule has 0 saturated carbocycles. The summed E-state index contributed by atoms with van der Waals surface area (Å²) in [5.41, 5.74) is 3.61. The summed E-state index contributed by atoms with van der Waals surface area (Å²) in [6.45, 7) is 4.14. The van der Waals surface area contributed by atoms with Gasteiger partial charge in [-0.1, -0.05) is 29.8 Å². The lowest BCUT2D eigenvalue weighted by atomic mass is 9.89. The number of piperidine rings is 1. The van der Waals surface area contributed by atoms with Gasteiger partial charge in [-0.25, -0.2) is 14.2 Å². The number of ether oxygens (including phenoxy) is 2. The molecule has 2 fully saturated rings. The van der Waals surface area contributed by atoms with E-state index >= 15 is 0 Å². The van der Waals surface area contributed by atoms with E-state index in [4.69, 9.17) is 26.1 Å². The van der Waals surface area contributed by atoms with Crippen LogP contribution in [0.25, 0.3) is 11.0 Å². The SMILES string of the molecule is O=C(O)c1ccc2nc(CN3CCC(c4cccc(OCc5ccc(Cl)cc5F)c4)CC3)n(CC3CCO3)c2c1. The highest BCUT2D eigenvalue weighted by molar-refractivity contribution is 6.30. The number of nitrogens with zero attached hydrogens (tertiary/aromatic N) is 3. The van der Waals surface area contributed by atoms with Crippen molar-refractivity contribution < 1.29 is 23.8 Å². The normalized spacial score (nSPS) is 18.1. The van der Waals surface area contributed by atoms with E-state index < -0.39 is 5.97 Å². The van der Waals surface area contributed by atoms with Crippen molar-refractivity contribution in [3.8, 4) is 5.75 Å². The van der Waals surface area contributed by atoms with Crippen LogP contribution in [0.5, 0.6) is 5.75 Å². The Hall–Kier alpha value is -3.46. The Bertz CT molecular complexity index is 1530. The number of carboxylic acids is 1. The Morgan fingerprint density at radius 3 is 2.65 bits per heavy atom. The van der Waals surface area contributed by atoms with Crippen LogP contribution < -0.4 is 4.74 Å². The number of rotatable bonds is 9. The van der Waals surface area contributed by atoms with Gasteiger partial charge in [0.2, 0.25) is 0 Å². The minimum atomic E-state index is -0.940. The number of hydrogen-bond acceptors (Lipinski definition) is 5. The fourth-order valence-corrected chi connectivity index (χ4v) is 5.70. The Morgan fingerprint density at radius 2 is 1.93 bits per heavy atom. The molecule has 9 heteroatoms. The molecule has 6 rings (SSSR count). The van der Waals surface area contributed by atoms with Crippen LogP contribution in [0.4, 0.5) is 4.39 Å². The Kier molecular flexibility index (Phi) is 7.74. The highest BCUT2D eigenvalue weighted by atomic mass is 35.5. The van der Waals surface area contributed by atoms with E-state index in [1.807, 2.05) is 12.1 Å². The number of halogens is 2. The summed E-state index contributed by atoms with van der Waals surface area (Å²) in [5, 5.41) is 9.86. The molecule has 7 nitrogen and oxygen atoms in total. The van der Waals surface area contributed by atoms with E-state index in [0.717, 1.165) is 61.6 Å². The van der Waals surface area contributed by atoms with E-state index in [9.17, 15) is 14.3 Å². The Morgan fingerprint density at radius 1 is 1.10 bits per heavy atom. The molecule has 3 aromatic carbocycles. The van der Waals surface area contributed by atoms with Crippen molar-refractivity contribution in [1.82, 2.24) is 14.5 Å². The monoisotopic (exact) mass is 563 g/mol. The smallest absolute Gasteiger partial charge is 0.335 e. The Labute approximate surface area is 237 Å². The van der Waals surface area contributed by atoms with Gasteiger partial charge in [0.25, 0.3) is 0 Å². The predicted octanol–water partition coefficient (Wildman–Crippen LogP) is 6.27. The zero-order chi connectivity index (χ0) is 27.6. The molecule has 3 heterocycles. The van der Waals surface area contributed by atoms with E-state index in [0.29, 0.717) is 29.6 Å². The minimum Gasteiger partial charge on any atom is -0.489 e. The lowest BCUT2D eigenvalue weighted by Gasteiger charge is -2.33. The third-order valence-corrected chi connectivity index (χ3v) is 8.18. The molecule has 0 spiro atoms. The van der Waals surface area contributed by atoms with Crippen molar-refractivity contribution in [1.29, 1.82) is 0 Å². The third-order valence-electron chi connectivity index (χ3n) is 7.95. The maximum atomic E-state index is 14.1. The molecule has 0 amide bonds. The summed E-state index contributed by atoms with van der Waals surface area (Å²) in [6.07, 6.45) is 3.15. The topological polar surface area (TPSA) is 76.8 Å². The minimum absolute atomic E-state index is 0.140. The van der Waals surface area contributed by atoms with Gasteiger partial charge in [0, 0.05) is 17.2 Å². The number of fused-ring (bicyclic) bond motifs is 1. The number of imidazole rings is 1. The average Bonchev–Trinajstić information content (AvgIpc) is 3.26. The summed E-state index contributed by atoms with van der Waals surface area (Å²) in [7, 11) is 0. The number of likely N-dealkylation sites (tertiary alicyclic amines) is 1. The van der Waals surface area contributed by atoms with Crippen LogP contribution in [-0.2, 0) is 24.4 Å². The molecule has 2 saturated heterocycles. The van der Waals surface area contributed by atoms with Crippen LogP contribution in [0.3, 0.4) is 0 Å². The quantitative estimate of drug-likeness (QED) is 0.258. The first kappa shape index (κ1) is 26.7. The van der Waals surface area contributed by atoms with Crippen molar-refractivity contribution in [3.05, 3.63) is 94.0 Å². The number of benzene rings is 3. The maximum absolute atomic E-state index is 14.1. The second-order valence-corrected chi connectivity index (χ2v) is 11.0. The van der Waals surface area contributed by atoms with E-state index in [1.54, 1.807) is 30.3 Å². The molecule has 0 bridgehead atoms. The van der Waals surface area contributed by atoms with Crippen LogP contribution in [0.15, 0.2) is 60.7 Å². The van der Waals surface area contributed by atoms with Gasteiger partial charge in [0.15, 0.2) is 0 Å². The standard InChI is InChI=1S/C31H31ClFN3O4/c32-24-6-4-23(27(33)16-24)19-40-25-3-1-2-21(14-25)20-8-11-35(12-9-20)18-30-34-28-7-5-22(31(37)38)15-29(28)36(30)17-26-10-13-39-26/h1-7,14-16,20,26H,8-13,17-19H2,(H,37,38). The molecule has 2 aliphatic rings. The molecule has 1 unspecified atom stereocenters. The zero-order valence-corrected chi connectivity index (χ0v) is 22.8. The van der Waals surface area contributed by atoms with E-state index in [1.165, 1.54) is 11.6 Å². The van der Waals surface area contributed by atoms with Crippen LogP contribution in [0, 0.1) is 5.82 Å². The van der Waals surface area contributed by atoms with E-state index in [2.05, 4.69) is 21.6 Å². The molecule has 2 aliphatic heterocycles. The number of carboxylic acid groups (broad SMARTS) is 1. The summed E-state index contributed by atoms with van der Waals surface area (Å²) in [5.74, 6) is 0.766. The summed E-state index contributed by atoms with van der Waals surface area (Å²) in [4.78, 5) is 18.9. The molecule has 208 valence electrons. The maximum Gasteiger partial charge on any atom is 0.335 e. The first-order chi connectivity index (χ1) is 19.4. The summed E-state index contributed by atoms with van der Waals surface area (Å²) in [6, 6.07) is 17.8. The predicted molar refractivity (Wildman–Crippen MR) is 150 cm³/mol. The number of hydrogen-bond donors (Lipinski definition) is 1. The first-order valence-electron chi connectivity index (χ1n) is 13.7. The van der Waals surface area contributed by atoms with Crippen LogP contribution >= 0.6 is 11.6 Å². The van der Waals surface area contributed by atoms with Crippen LogP contribution in [-0.4, -0.2) is 51.3 Å². The third kappa shape index (κ3) is 5.84.